The van der Waals surface area contributed by atoms with Gasteiger partial charge in [0.1, 0.15) is 12.4 Å². The largest absolute Gasteiger partial charge is 0.493 e. The molecule has 0 heterocycles. The highest BCUT2D eigenvalue weighted by molar-refractivity contribution is 14.1. The van der Waals surface area contributed by atoms with Crippen LogP contribution in [0.2, 0.25) is 0 Å². The van der Waals surface area contributed by atoms with Gasteiger partial charge in [0.25, 0.3) is 5.91 Å². The van der Waals surface area contributed by atoms with E-state index in [1.54, 1.807) is 36.4 Å². The van der Waals surface area contributed by atoms with Gasteiger partial charge in [0.05, 0.1) is 30.1 Å². The first-order chi connectivity index (χ1) is 16.9. The molecule has 1 N–H and O–H groups in total. The Kier molecular flexibility index (Phi) is 9.71. The summed E-state index contributed by atoms with van der Waals surface area (Å²) in [6.07, 6.45) is 1.52. The number of nitrogens with zero attached hydrogens (tertiary/aromatic N) is 1. The van der Waals surface area contributed by atoms with Crippen LogP contribution in [0.4, 0.5) is 4.39 Å². The van der Waals surface area contributed by atoms with E-state index in [-0.39, 0.29) is 12.4 Å². The highest BCUT2D eigenvalue weighted by atomic mass is 127. The van der Waals surface area contributed by atoms with Crippen LogP contribution in [-0.2, 0) is 6.61 Å². The van der Waals surface area contributed by atoms with E-state index in [1.807, 2.05) is 19.9 Å². The molecule has 0 aliphatic rings. The van der Waals surface area contributed by atoms with Crippen LogP contribution < -0.4 is 24.4 Å². The fourth-order valence-electron chi connectivity index (χ4n) is 3.16. The lowest BCUT2D eigenvalue weighted by molar-refractivity contribution is 0.0954. The minimum absolute atomic E-state index is 0.197. The van der Waals surface area contributed by atoms with Crippen LogP contribution in [0.3, 0.4) is 0 Å². The number of methoxy groups -OCH3 is 1. The van der Waals surface area contributed by atoms with Gasteiger partial charge in [0, 0.05) is 5.56 Å². The van der Waals surface area contributed by atoms with Gasteiger partial charge in [-0.1, -0.05) is 12.1 Å². The molecule has 3 rings (SSSR count). The van der Waals surface area contributed by atoms with Gasteiger partial charge in [0.15, 0.2) is 23.0 Å². The lowest BCUT2D eigenvalue weighted by atomic mass is 10.2. The first kappa shape index (κ1) is 26.3. The van der Waals surface area contributed by atoms with E-state index in [0.29, 0.717) is 52.9 Å². The molecule has 0 saturated heterocycles. The topological polar surface area (TPSA) is 78.4 Å². The number of carbonyl (C=O) groups is 1. The average Bonchev–Trinajstić information content (AvgIpc) is 2.84. The summed E-state index contributed by atoms with van der Waals surface area (Å²) in [7, 11) is 1.51. The van der Waals surface area contributed by atoms with Crippen molar-refractivity contribution in [1.82, 2.24) is 5.43 Å². The molecule has 0 aromatic heterocycles. The first-order valence-corrected chi connectivity index (χ1v) is 12.0. The molecule has 3 aromatic carbocycles. The number of benzene rings is 3. The third kappa shape index (κ3) is 7.32. The zero-order valence-corrected chi connectivity index (χ0v) is 21.8. The highest BCUT2D eigenvalue weighted by Gasteiger charge is 2.13. The molecule has 0 bridgehead atoms. The third-order valence-electron chi connectivity index (χ3n) is 4.71. The number of nitrogens with one attached hydrogen (secondary N) is 1. The predicted octanol–water partition coefficient (Wildman–Crippen LogP) is 5.58. The van der Waals surface area contributed by atoms with E-state index < -0.39 is 5.91 Å². The van der Waals surface area contributed by atoms with Crippen molar-refractivity contribution in [3.63, 3.8) is 0 Å². The summed E-state index contributed by atoms with van der Waals surface area (Å²) in [6.45, 7) is 4.86. The predicted molar refractivity (Wildman–Crippen MR) is 140 cm³/mol. The molecule has 0 fully saturated rings. The van der Waals surface area contributed by atoms with Gasteiger partial charge in [-0.25, -0.2) is 9.82 Å². The molecule has 0 spiro atoms. The van der Waals surface area contributed by atoms with Crippen molar-refractivity contribution in [2.75, 3.05) is 20.3 Å². The molecular weight excluding hydrogens is 566 g/mol. The maximum absolute atomic E-state index is 13.5. The van der Waals surface area contributed by atoms with Crippen molar-refractivity contribution < 1.29 is 28.1 Å². The van der Waals surface area contributed by atoms with Gasteiger partial charge in [-0.2, -0.15) is 5.10 Å². The van der Waals surface area contributed by atoms with Gasteiger partial charge in [-0.15, -0.1) is 0 Å². The van der Waals surface area contributed by atoms with Gasteiger partial charge in [-0.05, 0) is 90.0 Å². The van der Waals surface area contributed by atoms with Crippen LogP contribution >= 0.6 is 22.6 Å². The second-order valence-electron chi connectivity index (χ2n) is 7.18. The lowest BCUT2D eigenvalue weighted by Crippen LogP contribution is -2.17. The summed E-state index contributed by atoms with van der Waals surface area (Å²) >= 11 is 2.14. The molecule has 0 aliphatic carbocycles. The van der Waals surface area contributed by atoms with Crippen molar-refractivity contribution >= 4 is 34.7 Å². The maximum atomic E-state index is 13.5. The van der Waals surface area contributed by atoms with Crippen LogP contribution in [0.15, 0.2) is 59.7 Å². The van der Waals surface area contributed by atoms with Gasteiger partial charge in [-0.3, -0.25) is 4.79 Å². The van der Waals surface area contributed by atoms with Crippen molar-refractivity contribution in [2.45, 2.75) is 20.5 Å². The smallest absolute Gasteiger partial charge is 0.271 e. The van der Waals surface area contributed by atoms with Crippen LogP contribution in [0, 0.1) is 9.39 Å². The molecule has 184 valence electrons. The van der Waals surface area contributed by atoms with Crippen LogP contribution in [0.25, 0.3) is 0 Å². The van der Waals surface area contributed by atoms with Crippen LogP contribution in [0.1, 0.15) is 35.3 Å². The Morgan fingerprint density at radius 3 is 2.49 bits per heavy atom. The van der Waals surface area contributed by atoms with E-state index >= 15 is 0 Å². The number of hydrazone groups is 1. The number of carbonyl (C=O) groups excluding carboxylic acids is 1. The Morgan fingerprint density at radius 2 is 1.77 bits per heavy atom. The summed E-state index contributed by atoms with van der Waals surface area (Å²) in [6, 6.07) is 14.8. The quantitative estimate of drug-likeness (QED) is 0.179. The summed E-state index contributed by atoms with van der Waals surface area (Å²) in [4.78, 5) is 12.5. The number of ether oxygens (including phenoxy) is 4. The van der Waals surface area contributed by atoms with E-state index in [9.17, 15) is 9.18 Å². The summed E-state index contributed by atoms with van der Waals surface area (Å²) in [5.41, 5.74) is 4.31. The number of rotatable bonds is 11. The zero-order chi connectivity index (χ0) is 25.2. The van der Waals surface area contributed by atoms with Crippen LogP contribution in [-0.4, -0.2) is 32.4 Å². The number of hydrogen-bond donors (Lipinski definition) is 1. The molecule has 9 heteroatoms. The maximum Gasteiger partial charge on any atom is 0.271 e. The second-order valence-corrected chi connectivity index (χ2v) is 8.34. The van der Waals surface area contributed by atoms with Crippen molar-refractivity contribution in [3.05, 3.63) is 80.7 Å². The molecule has 7 nitrogen and oxygen atoms in total. The van der Waals surface area contributed by atoms with Crippen LogP contribution in [0.5, 0.6) is 23.0 Å². The summed E-state index contributed by atoms with van der Waals surface area (Å²) in [5.74, 6) is 1.40. The van der Waals surface area contributed by atoms with E-state index in [4.69, 9.17) is 18.9 Å². The monoisotopic (exact) mass is 592 g/mol. The van der Waals surface area contributed by atoms with E-state index in [1.165, 1.54) is 25.5 Å². The highest BCUT2D eigenvalue weighted by Crippen LogP contribution is 2.34. The molecule has 3 aromatic rings. The normalized spacial score (nSPS) is 10.8. The van der Waals surface area contributed by atoms with Gasteiger partial charge in [0.2, 0.25) is 0 Å². The number of hydrogen-bond acceptors (Lipinski definition) is 6. The Morgan fingerprint density at radius 1 is 1.00 bits per heavy atom. The Hall–Kier alpha value is -3.34. The second kappa shape index (κ2) is 12.9. The Labute approximate surface area is 217 Å². The molecule has 35 heavy (non-hydrogen) atoms. The molecule has 0 unspecified atom stereocenters. The van der Waals surface area contributed by atoms with E-state index in [2.05, 4.69) is 33.1 Å². The minimum atomic E-state index is -0.391. The molecule has 0 saturated carbocycles. The average molecular weight is 592 g/mol. The number of amides is 1. The fraction of sp³-hybridized carbons (Fsp3) is 0.231. The Balaban J connectivity index is 1.71. The molecule has 0 atom stereocenters. The Bertz CT molecular complexity index is 1200. The number of halogens is 2. The lowest BCUT2D eigenvalue weighted by Gasteiger charge is -2.15. The fourth-order valence-corrected chi connectivity index (χ4v) is 3.94. The standard InChI is InChI=1S/C26H26FIN2O5/c1-4-33-22-10-9-19(14-23(22)32-3)26(31)30-29-15-18-12-21(28)25(24(13-18)34-5-2)35-16-17-7-6-8-20(27)11-17/h6-15H,4-5,16H2,1-3H3,(H,30,31)/b29-15+. The molecule has 0 radical (unpaired) electrons. The molecule has 0 aliphatic heterocycles. The van der Waals surface area contributed by atoms with Crippen molar-refractivity contribution in [1.29, 1.82) is 0 Å². The van der Waals surface area contributed by atoms with Gasteiger partial charge < -0.3 is 18.9 Å². The first-order valence-electron chi connectivity index (χ1n) is 10.9. The van der Waals surface area contributed by atoms with Crippen molar-refractivity contribution in [3.8, 4) is 23.0 Å². The molecule has 1 amide bonds. The molecular formula is C26H26FIN2O5. The zero-order valence-electron chi connectivity index (χ0n) is 19.6. The van der Waals surface area contributed by atoms with E-state index in [0.717, 1.165) is 3.57 Å². The summed E-state index contributed by atoms with van der Waals surface area (Å²) < 4.78 is 36.7. The third-order valence-corrected chi connectivity index (χ3v) is 5.51. The van der Waals surface area contributed by atoms with Crippen molar-refractivity contribution in [2.24, 2.45) is 5.10 Å². The minimum Gasteiger partial charge on any atom is -0.493 e. The van der Waals surface area contributed by atoms with Gasteiger partial charge >= 0.3 is 0 Å². The SMILES string of the molecule is CCOc1ccc(C(=O)N/N=C/c2cc(I)c(OCc3cccc(F)c3)c(OCC)c2)cc1OC. The summed E-state index contributed by atoms with van der Waals surface area (Å²) in [5, 5.41) is 4.07.